The predicted molar refractivity (Wildman–Crippen MR) is 99.5 cm³/mol. The Morgan fingerprint density at radius 1 is 1.24 bits per heavy atom. The fourth-order valence-corrected chi connectivity index (χ4v) is 4.86. The molecule has 2 bridgehead atoms. The SMILES string of the molecule is C=C[C@@H](c1ccccc1)[C@H]1C(=C(C#N)C#N)[C@@H](CCC)[C@@H]2CC[C@H]1N2. The van der Waals surface area contributed by atoms with Gasteiger partial charge in [-0.25, -0.2) is 0 Å². The Hall–Kier alpha value is -2.36. The van der Waals surface area contributed by atoms with Crippen LogP contribution in [0.5, 0.6) is 0 Å². The quantitative estimate of drug-likeness (QED) is 0.640. The number of rotatable bonds is 5. The molecule has 2 saturated heterocycles. The minimum absolute atomic E-state index is 0.115. The van der Waals surface area contributed by atoms with E-state index in [1.807, 2.05) is 24.3 Å². The predicted octanol–water partition coefficient (Wildman–Crippen LogP) is 4.47. The molecule has 1 N–H and O–H groups in total. The van der Waals surface area contributed by atoms with Gasteiger partial charge >= 0.3 is 0 Å². The van der Waals surface area contributed by atoms with E-state index in [1.165, 1.54) is 5.56 Å². The lowest BCUT2D eigenvalue weighted by Crippen LogP contribution is -2.49. The molecule has 2 fully saturated rings. The van der Waals surface area contributed by atoms with Gasteiger partial charge in [-0.1, -0.05) is 49.8 Å². The van der Waals surface area contributed by atoms with Crippen LogP contribution in [0.4, 0.5) is 0 Å². The lowest BCUT2D eigenvalue weighted by Gasteiger charge is -2.42. The van der Waals surface area contributed by atoms with E-state index in [0.717, 1.165) is 31.3 Å². The summed E-state index contributed by atoms with van der Waals surface area (Å²) in [4.78, 5) is 0. The number of fused-ring (bicyclic) bond motifs is 2. The van der Waals surface area contributed by atoms with Gasteiger partial charge in [0.05, 0.1) is 0 Å². The van der Waals surface area contributed by atoms with Crippen LogP contribution in [0.1, 0.15) is 44.1 Å². The van der Waals surface area contributed by atoms with Crippen LogP contribution in [-0.4, -0.2) is 12.1 Å². The van der Waals surface area contributed by atoms with Gasteiger partial charge in [0.2, 0.25) is 0 Å². The average molecular weight is 331 g/mol. The van der Waals surface area contributed by atoms with Crippen molar-refractivity contribution in [2.75, 3.05) is 0 Å². The normalized spacial score (nSPS) is 28.7. The second-order valence-electron chi connectivity index (χ2n) is 7.10. The minimum atomic E-state index is 0.115. The van der Waals surface area contributed by atoms with Crippen LogP contribution in [0.3, 0.4) is 0 Å². The maximum Gasteiger partial charge on any atom is 0.129 e. The van der Waals surface area contributed by atoms with Crippen LogP contribution in [-0.2, 0) is 0 Å². The van der Waals surface area contributed by atoms with Crippen molar-refractivity contribution in [3.63, 3.8) is 0 Å². The van der Waals surface area contributed by atoms with Crippen molar-refractivity contribution in [2.24, 2.45) is 11.8 Å². The molecule has 0 unspecified atom stereocenters. The molecule has 0 radical (unpaired) electrons. The maximum absolute atomic E-state index is 9.62. The molecule has 0 spiro atoms. The molecule has 2 aliphatic heterocycles. The number of nitriles is 2. The second kappa shape index (κ2) is 7.68. The lowest BCUT2D eigenvalue weighted by atomic mass is 9.68. The number of nitrogens with one attached hydrogen (secondary N) is 1. The van der Waals surface area contributed by atoms with E-state index in [2.05, 4.69) is 43.1 Å². The molecule has 0 aliphatic carbocycles. The van der Waals surface area contributed by atoms with Gasteiger partial charge in [-0.3, -0.25) is 0 Å². The Morgan fingerprint density at radius 2 is 1.92 bits per heavy atom. The fraction of sp³-hybridized carbons (Fsp3) is 0.455. The highest BCUT2D eigenvalue weighted by Crippen LogP contribution is 2.48. The van der Waals surface area contributed by atoms with Crippen molar-refractivity contribution in [3.8, 4) is 12.1 Å². The van der Waals surface area contributed by atoms with Gasteiger partial charge in [-0.2, -0.15) is 10.5 Å². The summed E-state index contributed by atoms with van der Waals surface area (Å²) in [6.45, 7) is 6.27. The van der Waals surface area contributed by atoms with Crippen LogP contribution in [0.15, 0.2) is 54.1 Å². The summed E-state index contributed by atoms with van der Waals surface area (Å²) in [6, 6.07) is 15.5. The third-order valence-electron chi connectivity index (χ3n) is 5.83. The van der Waals surface area contributed by atoms with E-state index in [4.69, 9.17) is 0 Å². The smallest absolute Gasteiger partial charge is 0.129 e. The van der Waals surface area contributed by atoms with Crippen molar-refractivity contribution in [1.82, 2.24) is 5.32 Å². The number of nitrogens with zero attached hydrogens (tertiary/aromatic N) is 2. The van der Waals surface area contributed by atoms with Crippen LogP contribution in [0.2, 0.25) is 0 Å². The van der Waals surface area contributed by atoms with Crippen molar-refractivity contribution in [2.45, 2.75) is 50.6 Å². The van der Waals surface area contributed by atoms with Gasteiger partial charge in [0, 0.05) is 23.9 Å². The first-order valence-electron chi connectivity index (χ1n) is 9.22. The minimum Gasteiger partial charge on any atom is -0.310 e. The van der Waals surface area contributed by atoms with E-state index in [-0.39, 0.29) is 17.8 Å². The summed E-state index contributed by atoms with van der Waals surface area (Å²) >= 11 is 0. The van der Waals surface area contributed by atoms with Crippen LogP contribution >= 0.6 is 0 Å². The zero-order valence-corrected chi connectivity index (χ0v) is 14.8. The lowest BCUT2D eigenvalue weighted by molar-refractivity contribution is 0.269. The monoisotopic (exact) mass is 331 g/mol. The summed E-state index contributed by atoms with van der Waals surface area (Å²) in [7, 11) is 0. The van der Waals surface area contributed by atoms with Crippen LogP contribution in [0, 0.1) is 34.5 Å². The largest absolute Gasteiger partial charge is 0.310 e. The number of hydrogen-bond acceptors (Lipinski definition) is 3. The van der Waals surface area contributed by atoms with Gasteiger partial charge in [-0.05, 0) is 36.3 Å². The van der Waals surface area contributed by atoms with Gasteiger partial charge in [0.1, 0.15) is 17.7 Å². The number of piperidine rings is 1. The van der Waals surface area contributed by atoms with E-state index >= 15 is 0 Å². The Morgan fingerprint density at radius 3 is 2.52 bits per heavy atom. The van der Waals surface area contributed by atoms with Gasteiger partial charge in [-0.15, -0.1) is 6.58 Å². The van der Waals surface area contributed by atoms with E-state index in [9.17, 15) is 10.5 Å². The summed E-state index contributed by atoms with van der Waals surface area (Å²) in [5.74, 6) is 0.516. The summed E-state index contributed by atoms with van der Waals surface area (Å²) in [5, 5.41) is 23.0. The first-order chi connectivity index (χ1) is 12.2. The molecule has 0 aromatic heterocycles. The molecule has 2 heterocycles. The number of allylic oxidation sites excluding steroid dienone is 2. The topological polar surface area (TPSA) is 59.6 Å². The molecule has 3 heteroatoms. The van der Waals surface area contributed by atoms with E-state index in [1.54, 1.807) is 0 Å². The van der Waals surface area contributed by atoms with Gasteiger partial charge in [0.15, 0.2) is 0 Å². The standard InChI is InChI=1S/C22H25N3/c1-3-8-18-19-11-12-20(25-19)22(21(18)16(13-23)14-24)17(4-2)15-9-6-5-7-10-15/h4-7,9-10,17-20,22,25H,2-3,8,11-12H2,1H3/t17-,18-,19-,20+,22+/m0/s1. The summed E-state index contributed by atoms with van der Waals surface area (Å²) in [6.07, 6.45) is 6.29. The molecule has 0 saturated carbocycles. The maximum atomic E-state index is 9.62. The zero-order chi connectivity index (χ0) is 17.8. The molecule has 1 aromatic carbocycles. The van der Waals surface area contributed by atoms with Crippen molar-refractivity contribution in [3.05, 3.63) is 59.7 Å². The molecule has 25 heavy (non-hydrogen) atoms. The molecular formula is C22H25N3. The molecule has 3 nitrogen and oxygen atoms in total. The second-order valence-corrected chi connectivity index (χ2v) is 7.10. The van der Waals surface area contributed by atoms with E-state index in [0.29, 0.717) is 17.7 Å². The molecule has 5 atom stereocenters. The molecule has 128 valence electrons. The van der Waals surface area contributed by atoms with Crippen LogP contribution < -0.4 is 5.32 Å². The molecule has 0 amide bonds. The van der Waals surface area contributed by atoms with Gasteiger partial charge in [0.25, 0.3) is 0 Å². The van der Waals surface area contributed by atoms with Crippen LogP contribution in [0.25, 0.3) is 0 Å². The number of benzene rings is 1. The zero-order valence-electron chi connectivity index (χ0n) is 14.8. The molecule has 2 aliphatic rings. The summed E-state index contributed by atoms with van der Waals surface area (Å²) < 4.78 is 0. The highest BCUT2D eigenvalue weighted by Gasteiger charge is 2.47. The van der Waals surface area contributed by atoms with E-state index < -0.39 is 0 Å². The molecular weight excluding hydrogens is 306 g/mol. The first kappa shape index (κ1) is 17.5. The third-order valence-corrected chi connectivity index (χ3v) is 5.83. The third kappa shape index (κ3) is 3.13. The van der Waals surface area contributed by atoms with Crippen molar-refractivity contribution < 1.29 is 0 Å². The molecule has 3 rings (SSSR count). The summed E-state index contributed by atoms with van der Waals surface area (Å²) in [5.41, 5.74) is 2.61. The number of hydrogen-bond donors (Lipinski definition) is 1. The Labute approximate surface area is 150 Å². The van der Waals surface area contributed by atoms with Crippen molar-refractivity contribution >= 4 is 0 Å². The molecule has 1 aromatic rings. The highest BCUT2D eigenvalue weighted by molar-refractivity contribution is 5.47. The Kier molecular flexibility index (Phi) is 5.37. The highest BCUT2D eigenvalue weighted by atomic mass is 15.0. The fourth-order valence-electron chi connectivity index (χ4n) is 4.86. The Balaban J connectivity index is 2.14. The Bertz CT molecular complexity index is 719. The first-order valence-corrected chi connectivity index (χ1v) is 9.22. The average Bonchev–Trinajstić information content (AvgIpc) is 3.08. The van der Waals surface area contributed by atoms with Crippen molar-refractivity contribution in [1.29, 1.82) is 10.5 Å². The van der Waals surface area contributed by atoms with Gasteiger partial charge < -0.3 is 5.32 Å².